The number of rotatable bonds is 4. The third-order valence-corrected chi connectivity index (χ3v) is 4.39. The molecule has 0 aliphatic heterocycles. The van der Waals surface area contributed by atoms with Gasteiger partial charge < -0.3 is 9.47 Å². The normalized spacial score (nSPS) is 17.8. The van der Waals surface area contributed by atoms with Crippen molar-refractivity contribution in [3.63, 3.8) is 0 Å². The second-order valence-corrected chi connectivity index (χ2v) is 5.94. The Labute approximate surface area is 142 Å². The number of hydrogen-bond donors (Lipinski definition) is 0. The standard InChI is InChI=1S/C20H22O4/c1-13(2)16-11-20(18(21)23-4,19(22)24-5)12-17(16)14(3)15-9-7-6-8-10-15/h6-11H,1,12H2,2-5H3/b17-14+. The van der Waals surface area contributed by atoms with Gasteiger partial charge in [-0.05, 0) is 42.2 Å². The van der Waals surface area contributed by atoms with Gasteiger partial charge in [0.2, 0.25) is 0 Å². The zero-order valence-electron chi connectivity index (χ0n) is 14.5. The third-order valence-electron chi connectivity index (χ3n) is 4.39. The largest absolute Gasteiger partial charge is 0.468 e. The van der Waals surface area contributed by atoms with Crippen LogP contribution in [0, 0.1) is 5.41 Å². The van der Waals surface area contributed by atoms with E-state index < -0.39 is 17.4 Å². The summed E-state index contributed by atoms with van der Waals surface area (Å²) in [6.45, 7) is 7.83. The molecule has 0 bridgehead atoms. The molecule has 0 saturated carbocycles. The van der Waals surface area contributed by atoms with Gasteiger partial charge in [-0.1, -0.05) is 42.5 Å². The van der Waals surface area contributed by atoms with Crippen molar-refractivity contribution in [2.24, 2.45) is 5.41 Å². The second-order valence-electron chi connectivity index (χ2n) is 5.94. The topological polar surface area (TPSA) is 52.6 Å². The van der Waals surface area contributed by atoms with Gasteiger partial charge in [-0.2, -0.15) is 0 Å². The predicted molar refractivity (Wildman–Crippen MR) is 93.0 cm³/mol. The molecule has 1 aliphatic rings. The maximum Gasteiger partial charge on any atom is 0.327 e. The van der Waals surface area contributed by atoms with Crippen LogP contribution in [0.2, 0.25) is 0 Å². The van der Waals surface area contributed by atoms with Gasteiger partial charge in [0, 0.05) is 6.42 Å². The van der Waals surface area contributed by atoms with Crippen molar-refractivity contribution in [2.45, 2.75) is 20.3 Å². The number of carbonyl (C=O) groups excluding carboxylic acids is 2. The minimum Gasteiger partial charge on any atom is -0.468 e. The van der Waals surface area contributed by atoms with Gasteiger partial charge in [-0.15, -0.1) is 0 Å². The molecule has 0 N–H and O–H groups in total. The number of allylic oxidation sites excluding steroid dienone is 4. The number of esters is 2. The summed E-state index contributed by atoms with van der Waals surface area (Å²) in [4.78, 5) is 24.8. The minimum absolute atomic E-state index is 0.204. The summed E-state index contributed by atoms with van der Waals surface area (Å²) in [6.07, 6.45) is 1.84. The summed E-state index contributed by atoms with van der Waals surface area (Å²) in [5, 5.41) is 0. The molecule has 4 nitrogen and oxygen atoms in total. The molecule has 0 fully saturated rings. The van der Waals surface area contributed by atoms with Crippen molar-refractivity contribution in [3.05, 3.63) is 65.3 Å². The van der Waals surface area contributed by atoms with E-state index in [1.54, 1.807) is 6.08 Å². The summed E-state index contributed by atoms with van der Waals surface area (Å²) >= 11 is 0. The lowest BCUT2D eigenvalue weighted by atomic mass is 9.85. The molecule has 0 aromatic heterocycles. The zero-order chi connectivity index (χ0) is 17.9. The third kappa shape index (κ3) is 2.92. The van der Waals surface area contributed by atoms with Gasteiger partial charge in [0.15, 0.2) is 5.41 Å². The predicted octanol–water partition coefficient (Wildman–Crippen LogP) is 3.70. The molecular formula is C20H22O4. The summed E-state index contributed by atoms with van der Waals surface area (Å²) < 4.78 is 9.77. The Morgan fingerprint density at radius 2 is 1.58 bits per heavy atom. The van der Waals surface area contributed by atoms with Crippen molar-refractivity contribution >= 4 is 17.5 Å². The molecular weight excluding hydrogens is 304 g/mol. The Bertz CT molecular complexity index is 722. The van der Waals surface area contributed by atoms with E-state index in [9.17, 15) is 9.59 Å². The molecule has 0 saturated heterocycles. The van der Waals surface area contributed by atoms with E-state index in [1.807, 2.05) is 44.2 Å². The van der Waals surface area contributed by atoms with Crippen molar-refractivity contribution < 1.29 is 19.1 Å². The van der Waals surface area contributed by atoms with Gasteiger partial charge in [-0.3, -0.25) is 9.59 Å². The molecule has 4 heteroatoms. The Hall–Kier alpha value is -2.62. The van der Waals surface area contributed by atoms with Crippen LogP contribution in [0.15, 0.2) is 59.7 Å². The zero-order valence-corrected chi connectivity index (χ0v) is 14.5. The van der Waals surface area contributed by atoms with Gasteiger partial charge in [0.05, 0.1) is 14.2 Å². The van der Waals surface area contributed by atoms with Crippen LogP contribution in [-0.4, -0.2) is 26.2 Å². The highest BCUT2D eigenvalue weighted by Gasteiger charge is 2.51. The summed E-state index contributed by atoms with van der Waals surface area (Å²) in [6, 6.07) is 9.83. The van der Waals surface area contributed by atoms with Crippen molar-refractivity contribution in [2.75, 3.05) is 14.2 Å². The maximum atomic E-state index is 12.4. The van der Waals surface area contributed by atoms with E-state index in [2.05, 4.69) is 6.58 Å². The number of carbonyl (C=O) groups is 2. The molecule has 126 valence electrons. The fourth-order valence-electron chi connectivity index (χ4n) is 3.05. The fraction of sp³-hybridized carbons (Fsp3) is 0.300. The van der Waals surface area contributed by atoms with Crippen LogP contribution in [0.1, 0.15) is 25.8 Å². The monoisotopic (exact) mass is 326 g/mol. The summed E-state index contributed by atoms with van der Waals surface area (Å²) in [7, 11) is 2.54. The molecule has 0 spiro atoms. The van der Waals surface area contributed by atoms with Gasteiger partial charge in [-0.25, -0.2) is 0 Å². The lowest BCUT2D eigenvalue weighted by Crippen LogP contribution is -2.38. The Kier molecular flexibility index (Phi) is 5.07. The van der Waals surface area contributed by atoms with Crippen LogP contribution in [-0.2, 0) is 19.1 Å². The SMILES string of the molecule is C=C(C)C1=CC(C(=O)OC)(C(=O)OC)C/C1=C(/C)c1ccccc1. The Morgan fingerprint density at radius 3 is 2.04 bits per heavy atom. The molecule has 0 radical (unpaired) electrons. The lowest BCUT2D eigenvalue weighted by molar-refractivity contribution is -0.164. The highest BCUT2D eigenvalue weighted by molar-refractivity contribution is 6.05. The average Bonchev–Trinajstić information content (AvgIpc) is 3.02. The van der Waals surface area contributed by atoms with Crippen molar-refractivity contribution in [1.29, 1.82) is 0 Å². The van der Waals surface area contributed by atoms with Gasteiger partial charge >= 0.3 is 11.9 Å². The van der Waals surface area contributed by atoms with Gasteiger partial charge in [0.1, 0.15) is 0 Å². The number of benzene rings is 1. The van der Waals surface area contributed by atoms with Crippen molar-refractivity contribution in [3.8, 4) is 0 Å². The van der Waals surface area contributed by atoms with Crippen LogP contribution in [0.3, 0.4) is 0 Å². The summed E-state index contributed by atoms with van der Waals surface area (Å²) in [5.41, 5.74) is 3.07. The van der Waals surface area contributed by atoms with E-state index in [0.29, 0.717) is 0 Å². The number of ether oxygens (including phenoxy) is 2. The lowest BCUT2D eigenvalue weighted by Gasteiger charge is -2.21. The molecule has 24 heavy (non-hydrogen) atoms. The first kappa shape index (κ1) is 17.7. The number of methoxy groups -OCH3 is 2. The van der Waals surface area contributed by atoms with E-state index in [4.69, 9.17) is 9.47 Å². The first-order valence-electron chi connectivity index (χ1n) is 7.68. The molecule has 0 unspecified atom stereocenters. The van der Waals surface area contributed by atoms with Crippen LogP contribution in [0.4, 0.5) is 0 Å². The Balaban J connectivity index is 2.65. The molecule has 0 amide bonds. The van der Waals surface area contributed by atoms with E-state index in [1.165, 1.54) is 14.2 Å². The summed E-state index contributed by atoms with van der Waals surface area (Å²) in [5.74, 6) is -1.24. The molecule has 1 aromatic rings. The Morgan fingerprint density at radius 1 is 1.04 bits per heavy atom. The molecule has 0 heterocycles. The molecule has 1 aliphatic carbocycles. The maximum absolute atomic E-state index is 12.4. The molecule has 0 atom stereocenters. The number of hydrogen-bond acceptors (Lipinski definition) is 4. The van der Waals surface area contributed by atoms with Crippen LogP contribution in [0.25, 0.3) is 5.57 Å². The molecule has 1 aromatic carbocycles. The highest BCUT2D eigenvalue weighted by atomic mass is 16.5. The average molecular weight is 326 g/mol. The van der Waals surface area contributed by atoms with Crippen LogP contribution < -0.4 is 0 Å². The van der Waals surface area contributed by atoms with E-state index in [-0.39, 0.29) is 6.42 Å². The fourth-order valence-corrected chi connectivity index (χ4v) is 3.05. The quantitative estimate of drug-likeness (QED) is 0.625. The smallest absolute Gasteiger partial charge is 0.327 e. The minimum atomic E-state index is -1.46. The first-order chi connectivity index (χ1) is 11.4. The van der Waals surface area contributed by atoms with Crippen LogP contribution >= 0.6 is 0 Å². The van der Waals surface area contributed by atoms with Crippen LogP contribution in [0.5, 0.6) is 0 Å². The van der Waals surface area contributed by atoms with E-state index >= 15 is 0 Å². The second kappa shape index (κ2) is 6.87. The van der Waals surface area contributed by atoms with E-state index in [0.717, 1.165) is 27.9 Å². The van der Waals surface area contributed by atoms with Gasteiger partial charge in [0.25, 0.3) is 0 Å². The first-order valence-corrected chi connectivity index (χ1v) is 7.68. The van der Waals surface area contributed by atoms with Crippen molar-refractivity contribution in [1.82, 2.24) is 0 Å². The highest BCUT2D eigenvalue weighted by Crippen LogP contribution is 2.46. The molecule has 2 rings (SSSR count).